The fourth-order valence-electron chi connectivity index (χ4n) is 3.96. The lowest BCUT2D eigenvalue weighted by molar-refractivity contribution is 0.348. The molecule has 158 valence electrons. The van der Waals surface area contributed by atoms with Crippen LogP contribution < -0.4 is 10.2 Å². The monoisotopic (exact) mass is 508 g/mol. The van der Waals surface area contributed by atoms with E-state index in [2.05, 4.69) is 74.3 Å². The number of hydrogen-bond acceptors (Lipinski definition) is 4. The quantitative estimate of drug-likeness (QED) is 0.368. The molecule has 0 aliphatic carbocycles. The fourth-order valence-corrected chi connectivity index (χ4v) is 3.96. The fraction of sp³-hybridized carbons (Fsp3) is 0.500. The average Bonchev–Trinajstić information content (AvgIpc) is 2.79. The van der Waals surface area contributed by atoms with Crippen LogP contribution in [0.3, 0.4) is 0 Å². The molecule has 1 saturated heterocycles. The lowest BCUT2D eigenvalue weighted by atomic mass is 9.76. The van der Waals surface area contributed by atoms with Crippen LogP contribution in [-0.4, -0.2) is 60.6 Å². The number of nitrogens with one attached hydrogen (secondary N) is 1. The van der Waals surface area contributed by atoms with Crippen LogP contribution in [0.5, 0.6) is 0 Å². The Labute approximate surface area is 191 Å². The van der Waals surface area contributed by atoms with Crippen molar-refractivity contribution < 1.29 is 0 Å². The predicted octanol–water partition coefficient (Wildman–Crippen LogP) is 3.55. The Morgan fingerprint density at radius 3 is 2.17 bits per heavy atom. The number of halogens is 1. The summed E-state index contributed by atoms with van der Waals surface area (Å²) in [7, 11) is 1.87. The second-order valence-electron chi connectivity index (χ2n) is 7.28. The van der Waals surface area contributed by atoms with Gasteiger partial charge in [0.25, 0.3) is 0 Å². The minimum Gasteiger partial charge on any atom is -0.355 e. The molecule has 1 N–H and O–H groups in total. The molecule has 1 aromatic carbocycles. The number of guanidine groups is 1. The highest BCUT2D eigenvalue weighted by Gasteiger charge is 2.29. The summed E-state index contributed by atoms with van der Waals surface area (Å²) in [6, 6.07) is 12.7. The van der Waals surface area contributed by atoms with Crippen LogP contribution in [0.15, 0.2) is 53.8 Å². The van der Waals surface area contributed by atoms with Crippen LogP contribution in [0.2, 0.25) is 0 Å². The van der Waals surface area contributed by atoms with Gasteiger partial charge in [0.15, 0.2) is 5.96 Å². The van der Waals surface area contributed by atoms with E-state index in [0.29, 0.717) is 0 Å². The number of hydrogen-bond donors (Lipinski definition) is 1. The normalized spacial score (nSPS) is 15.1. The summed E-state index contributed by atoms with van der Waals surface area (Å²) in [5, 5.41) is 3.66. The van der Waals surface area contributed by atoms with E-state index in [9.17, 15) is 0 Å². The molecule has 0 bridgehead atoms. The van der Waals surface area contributed by atoms with Crippen molar-refractivity contribution in [2.24, 2.45) is 4.99 Å². The Bertz CT molecular complexity index is 740. The average molecular weight is 508 g/mol. The Morgan fingerprint density at radius 2 is 1.62 bits per heavy atom. The van der Waals surface area contributed by atoms with Crippen molar-refractivity contribution in [3.05, 3.63) is 54.4 Å². The van der Waals surface area contributed by atoms with E-state index in [4.69, 9.17) is 0 Å². The Kier molecular flexibility index (Phi) is 9.13. The largest absolute Gasteiger partial charge is 0.355 e. The molecule has 29 heavy (non-hydrogen) atoms. The van der Waals surface area contributed by atoms with Crippen molar-refractivity contribution in [3.8, 4) is 0 Å². The van der Waals surface area contributed by atoms with Gasteiger partial charge in [-0.25, -0.2) is 9.97 Å². The number of piperazine rings is 1. The molecule has 1 aliphatic heterocycles. The standard InChI is InChI=1S/C22H32N6.HI/c1-4-22(5-2,19-10-7-6-8-11-19)18-26-20(23-3)27-14-16-28(17-15-27)21-24-12-9-13-25-21;/h6-13H,4-5,14-18H2,1-3H3,(H,23,26);1H. The summed E-state index contributed by atoms with van der Waals surface area (Å²) in [6.45, 7) is 9.06. The highest BCUT2D eigenvalue weighted by atomic mass is 127. The van der Waals surface area contributed by atoms with Crippen LogP contribution in [0.4, 0.5) is 5.95 Å². The third kappa shape index (κ3) is 5.58. The summed E-state index contributed by atoms with van der Waals surface area (Å²) in [5.41, 5.74) is 1.52. The molecule has 0 radical (unpaired) electrons. The number of anilines is 1. The van der Waals surface area contributed by atoms with Crippen molar-refractivity contribution in [2.75, 3.05) is 44.7 Å². The third-order valence-electron chi connectivity index (χ3n) is 5.95. The number of aliphatic imine (C=N–C) groups is 1. The summed E-state index contributed by atoms with van der Waals surface area (Å²) < 4.78 is 0. The molecule has 2 heterocycles. The van der Waals surface area contributed by atoms with Crippen LogP contribution >= 0.6 is 24.0 Å². The second kappa shape index (κ2) is 11.3. The lowest BCUT2D eigenvalue weighted by Gasteiger charge is -2.38. The van der Waals surface area contributed by atoms with Crippen LogP contribution in [0, 0.1) is 0 Å². The van der Waals surface area contributed by atoms with Crippen molar-refractivity contribution >= 4 is 35.9 Å². The van der Waals surface area contributed by atoms with Crippen molar-refractivity contribution in [2.45, 2.75) is 32.1 Å². The van der Waals surface area contributed by atoms with Crippen molar-refractivity contribution in [1.29, 1.82) is 0 Å². The zero-order valence-electron chi connectivity index (χ0n) is 17.7. The second-order valence-corrected chi connectivity index (χ2v) is 7.28. The number of nitrogens with zero attached hydrogens (tertiary/aromatic N) is 5. The van der Waals surface area contributed by atoms with Crippen molar-refractivity contribution in [1.82, 2.24) is 20.2 Å². The maximum absolute atomic E-state index is 4.56. The summed E-state index contributed by atoms with van der Waals surface area (Å²) in [4.78, 5) is 17.9. The number of rotatable bonds is 6. The number of benzene rings is 1. The van der Waals surface area contributed by atoms with Gasteiger partial charge in [-0.2, -0.15) is 0 Å². The predicted molar refractivity (Wildman–Crippen MR) is 131 cm³/mol. The Balaban J connectivity index is 0.00000300. The van der Waals surface area contributed by atoms with Crippen LogP contribution in [0.1, 0.15) is 32.3 Å². The van der Waals surface area contributed by atoms with Gasteiger partial charge in [0.2, 0.25) is 5.95 Å². The lowest BCUT2D eigenvalue weighted by Crippen LogP contribution is -2.54. The third-order valence-corrected chi connectivity index (χ3v) is 5.95. The zero-order chi connectivity index (χ0) is 19.8. The van der Waals surface area contributed by atoms with Gasteiger partial charge in [0, 0.05) is 57.6 Å². The molecule has 0 amide bonds. The molecule has 1 aliphatic rings. The van der Waals surface area contributed by atoms with E-state index in [1.807, 2.05) is 13.1 Å². The van der Waals surface area contributed by atoms with Gasteiger partial charge in [-0.1, -0.05) is 44.2 Å². The smallest absolute Gasteiger partial charge is 0.225 e. The number of aromatic nitrogens is 2. The minimum atomic E-state index is 0. The van der Waals surface area contributed by atoms with Gasteiger partial charge in [-0.15, -0.1) is 24.0 Å². The molecule has 3 rings (SSSR count). The summed E-state index contributed by atoms with van der Waals surface area (Å²) in [6.07, 6.45) is 5.79. The first kappa shape index (κ1) is 23.4. The molecule has 0 saturated carbocycles. The van der Waals surface area contributed by atoms with E-state index < -0.39 is 0 Å². The maximum Gasteiger partial charge on any atom is 0.225 e. The van der Waals surface area contributed by atoms with Gasteiger partial charge in [-0.05, 0) is 24.5 Å². The van der Waals surface area contributed by atoms with Crippen LogP contribution in [-0.2, 0) is 5.41 Å². The molecule has 0 unspecified atom stereocenters. The van der Waals surface area contributed by atoms with Gasteiger partial charge in [0.1, 0.15) is 0 Å². The molecule has 0 spiro atoms. The van der Waals surface area contributed by atoms with Crippen LogP contribution in [0.25, 0.3) is 0 Å². The van der Waals surface area contributed by atoms with E-state index in [1.54, 1.807) is 12.4 Å². The molecular formula is C22H33IN6. The summed E-state index contributed by atoms with van der Waals surface area (Å²) in [5.74, 6) is 1.79. The van der Waals surface area contributed by atoms with Crippen molar-refractivity contribution in [3.63, 3.8) is 0 Å². The van der Waals surface area contributed by atoms with Gasteiger partial charge < -0.3 is 15.1 Å². The van der Waals surface area contributed by atoms with E-state index in [0.717, 1.165) is 57.5 Å². The molecule has 2 aromatic rings. The van der Waals surface area contributed by atoms with Gasteiger partial charge in [0.05, 0.1) is 0 Å². The first-order chi connectivity index (χ1) is 13.7. The SMILES string of the molecule is CCC(CC)(CNC(=NC)N1CCN(c2ncccn2)CC1)c1ccccc1.I. The first-order valence-electron chi connectivity index (χ1n) is 10.3. The molecule has 7 heteroatoms. The zero-order valence-corrected chi connectivity index (χ0v) is 20.0. The molecular weight excluding hydrogens is 475 g/mol. The molecule has 6 nitrogen and oxygen atoms in total. The molecule has 1 fully saturated rings. The Hall–Kier alpha value is -1.90. The minimum absolute atomic E-state index is 0. The van der Waals surface area contributed by atoms with Gasteiger partial charge in [-0.3, -0.25) is 4.99 Å². The van der Waals surface area contributed by atoms with E-state index in [-0.39, 0.29) is 29.4 Å². The molecule has 0 atom stereocenters. The maximum atomic E-state index is 4.56. The highest BCUT2D eigenvalue weighted by Crippen LogP contribution is 2.30. The Morgan fingerprint density at radius 1 is 1.00 bits per heavy atom. The van der Waals surface area contributed by atoms with E-state index in [1.165, 1.54) is 5.56 Å². The summed E-state index contributed by atoms with van der Waals surface area (Å²) >= 11 is 0. The van der Waals surface area contributed by atoms with E-state index >= 15 is 0 Å². The molecule has 1 aromatic heterocycles. The van der Waals surface area contributed by atoms with Gasteiger partial charge >= 0.3 is 0 Å². The first-order valence-corrected chi connectivity index (χ1v) is 10.3. The highest BCUT2D eigenvalue weighted by molar-refractivity contribution is 14.0. The topological polar surface area (TPSA) is 56.7 Å².